The van der Waals surface area contributed by atoms with Gasteiger partial charge in [-0.1, -0.05) is 145 Å². The van der Waals surface area contributed by atoms with Gasteiger partial charge in [-0.2, -0.15) is 0 Å². The van der Waals surface area contributed by atoms with Crippen molar-refractivity contribution in [2.75, 3.05) is 4.90 Å². The van der Waals surface area contributed by atoms with Gasteiger partial charge in [-0.15, -0.1) is 0 Å². The van der Waals surface area contributed by atoms with Crippen molar-refractivity contribution < 1.29 is 0 Å². The monoisotopic (exact) mass is 555 g/mol. The van der Waals surface area contributed by atoms with E-state index in [0.717, 1.165) is 0 Å². The van der Waals surface area contributed by atoms with Crippen molar-refractivity contribution in [1.82, 2.24) is 0 Å². The van der Waals surface area contributed by atoms with Gasteiger partial charge in [-0.3, -0.25) is 0 Å². The molecule has 0 saturated carbocycles. The summed E-state index contributed by atoms with van der Waals surface area (Å²) in [5, 5.41) is 7.59. The number of hydrogen-bond acceptors (Lipinski definition) is 1. The fourth-order valence-electron chi connectivity index (χ4n) is 7.98. The Labute approximate surface area is 256 Å². The maximum atomic E-state index is 2.58. The molecule has 0 amide bonds. The highest BCUT2D eigenvalue weighted by Gasteiger charge is 2.43. The zero-order valence-electron chi connectivity index (χ0n) is 24.0. The maximum Gasteiger partial charge on any atom is 0.248 e. The summed E-state index contributed by atoms with van der Waals surface area (Å²) in [7, 11) is 0. The van der Waals surface area contributed by atoms with E-state index in [1.54, 1.807) is 0 Å². The molecule has 202 valence electrons. The van der Waals surface area contributed by atoms with Crippen LogP contribution in [0.1, 0.15) is 0 Å². The van der Waals surface area contributed by atoms with Gasteiger partial charge in [0.05, 0.1) is 5.69 Å². The highest BCUT2D eigenvalue weighted by atomic mass is 15.2. The third kappa shape index (κ3) is 3.20. The molecule has 2 aliphatic heterocycles. The molecule has 0 bridgehead atoms. The summed E-state index contributed by atoms with van der Waals surface area (Å²) in [4.78, 5) is 2.58. The van der Waals surface area contributed by atoms with E-state index in [2.05, 4.69) is 163 Å². The van der Waals surface area contributed by atoms with E-state index >= 15 is 0 Å². The Kier molecular flexibility index (Phi) is 4.87. The summed E-state index contributed by atoms with van der Waals surface area (Å²) in [6, 6.07) is 58.5. The first-order valence-electron chi connectivity index (χ1n) is 15.4. The minimum Gasteiger partial charge on any atom is -0.310 e. The molecule has 2 aliphatic rings. The zero-order chi connectivity index (χ0) is 28.8. The van der Waals surface area contributed by atoms with Crippen LogP contribution < -0.4 is 21.3 Å². The van der Waals surface area contributed by atoms with Crippen molar-refractivity contribution in [3.63, 3.8) is 0 Å². The second-order valence-electron chi connectivity index (χ2n) is 12.1. The molecule has 0 unspecified atom stereocenters. The number of benzene rings is 8. The number of nitrogens with zero attached hydrogens (tertiary/aromatic N) is 1. The van der Waals surface area contributed by atoms with Crippen LogP contribution >= 0.6 is 0 Å². The quantitative estimate of drug-likeness (QED) is 0.192. The van der Waals surface area contributed by atoms with E-state index in [-0.39, 0.29) is 6.71 Å². The van der Waals surface area contributed by atoms with Crippen LogP contribution in [0, 0.1) is 0 Å². The summed E-state index contributed by atoms with van der Waals surface area (Å²) in [5.74, 6) is 0. The van der Waals surface area contributed by atoms with Crippen molar-refractivity contribution >= 4 is 72.5 Å². The molecule has 0 aliphatic carbocycles. The minimum atomic E-state index is 0.184. The molecule has 2 heteroatoms. The van der Waals surface area contributed by atoms with Crippen molar-refractivity contribution in [2.45, 2.75) is 0 Å². The molecule has 0 radical (unpaired) electrons. The van der Waals surface area contributed by atoms with E-state index in [4.69, 9.17) is 0 Å². The van der Waals surface area contributed by atoms with E-state index in [1.807, 2.05) is 0 Å². The number of fused-ring (bicyclic) bond motifs is 9. The molecule has 0 spiro atoms. The van der Waals surface area contributed by atoms with Gasteiger partial charge in [0.2, 0.25) is 6.71 Å². The smallest absolute Gasteiger partial charge is 0.248 e. The van der Waals surface area contributed by atoms with E-state index in [1.165, 1.54) is 88.0 Å². The Hall–Kier alpha value is -5.60. The summed E-state index contributed by atoms with van der Waals surface area (Å²) < 4.78 is 0. The van der Waals surface area contributed by atoms with Crippen LogP contribution in [0.4, 0.5) is 17.1 Å². The van der Waals surface area contributed by atoms with E-state index < -0.39 is 0 Å². The molecule has 2 heterocycles. The summed E-state index contributed by atoms with van der Waals surface area (Å²) in [6.45, 7) is 0.184. The second kappa shape index (κ2) is 8.95. The molecular formula is C42H26BN. The Morgan fingerprint density at radius 3 is 1.84 bits per heavy atom. The predicted molar refractivity (Wildman–Crippen MR) is 189 cm³/mol. The molecule has 10 rings (SSSR count). The molecule has 1 nitrogen and oxygen atoms in total. The minimum absolute atomic E-state index is 0.184. The van der Waals surface area contributed by atoms with E-state index in [9.17, 15) is 0 Å². The molecule has 8 aromatic carbocycles. The SMILES string of the molecule is c1ccc2c(c1)B1c3ccc4ccccc4c3N(c3cccc4ccccc34)c3cc(-c4cccc5ccccc45)cc-2c31. The Bertz CT molecular complexity index is 2460. The molecule has 44 heavy (non-hydrogen) atoms. The average Bonchev–Trinajstić information content (AvgIpc) is 3.43. The highest BCUT2D eigenvalue weighted by molar-refractivity contribution is 7.01. The van der Waals surface area contributed by atoms with Crippen LogP contribution in [0.3, 0.4) is 0 Å². The van der Waals surface area contributed by atoms with Gasteiger partial charge < -0.3 is 4.90 Å². The largest absolute Gasteiger partial charge is 0.310 e. The van der Waals surface area contributed by atoms with Crippen LogP contribution in [0.25, 0.3) is 54.6 Å². The van der Waals surface area contributed by atoms with Crippen LogP contribution in [-0.4, -0.2) is 6.71 Å². The van der Waals surface area contributed by atoms with Gasteiger partial charge in [-0.05, 0) is 72.9 Å². The zero-order valence-corrected chi connectivity index (χ0v) is 24.0. The first-order valence-corrected chi connectivity index (χ1v) is 15.4. The van der Waals surface area contributed by atoms with Gasteiger partial charge in [0.1, 0.15) is 0 Å². The number of anilines is 3. The normalized spacial score (nSPS) is 12.9. The van der Waals surface area contributed by atoms with Gasteiger partial charge in [0, 0.05) is 22.1 Å². The third-order valence-electron chi connectivity index (χ3n) is 9.82. The standard InChI is InChI=1S/C42H26BN/c1-4-16-31-27(11-1)14-9-20-32(31)30-25-36-35-19-7-8-21-37(35)43-38-24-23-29-13-3-6-18-34(29)42(38)44(40(26-30)41(36)43)39-22-10-15-28-12-2-5-17-33(28)39/h1-26H. The first-order chi connectivity index (χ1) is 21.8. The molecule has 0 N–H and O–H groups in total. The van der Waals surface area contributed by atoms with Crippen molar-refractivity contribution in [3.05, 3.63) is 158 Å². The Morgan fingerprint density at radius 1 is 0.386 bits per heavy atom. The second-order valence-corrected chi connectivity index (χ2v) is 12.1. The van der Waals surface area contributed by atoms with Crippen LogP contribution in [0.2, 0.25) is 0 Å². The van der Waals surface area contributed by atoms with Crippen molar-refractivity contribution in [1.29, 1.82) is 0 Å². The third-order valence-corrected chi connectivity index (χ3v) is 9.82. The van der Waals surface area contributed by atoms with E-state index in [0.29, 0.717) is 0 Å². The summed E-state index contributed by atoms with van der Waals surface area (Å²) >= 11 is 0. The number of rotatable bonds is 2. The molecule has 0 atom stereocenters. The van der Waals surface area contributed by atoms with Gasteiger partial charge >= 0.3 is 0 Å². The Balaban J connectivity index is 1.38. The lowest BCUT2D eigenvalue weighted by molar-refractivity contribution is 1.33. The molecular weight excluding hydrogens is 529 g/mol. The number of hydrogen-bond donors (Lipinski definition) is 0. The molecule has 0 aromatic heterocycles. The summed E-state index contributed by atoms with van der Waals surface area (Å²) in [5.41, 5.74) is 13.1. The maximum absolute atomic E-state index is 2.58. The van der Waals surface area contributed by atoms with Crippen molar-refractivity contribution in [3.8, 4) is 22.3 Å². The predicted octanol–water partition coefficient (Wildman–Crippen LogP) is 9.09. The molecule has 8 aromatic rings. The average molecular weight is 555 g/mol. The molecule has 0 fully saturated rings. The van der Waals surface area contributed by atoms with Gasteiger partial charge in [-0.25, -0.2) is 0 Å². The molecule has 0 saturated heterocycles. The fraction of sp³-hybridized carbons (Fsp3) is 0. The first kappa shape index (κ1) is 23.9. The van der Waals surface area contributed by atoms with Crippen LogP contribution in [-0.2, 0) is 0 Å². The van der Waals surface area contributed by atoms with Crippen LogP contribution in [0.5, 0.6) is 0 Å². The highest BCUT2D eigenvalue weighted by Crippen LogP contribution is 2.47. The lowest BCUT2D eigenvalue weighted by Crippen LogP contribution is -2.54. The van der Waals surface area contributed by atoms with Crippen molar-refractivity contribution in [2.24, 2.45) is 0 Å². The van der Waals surface area contributed by atoms with Gasteiger partial charge in [0.25, 0.3) is 0 Å². The lowest BCUT2D eigenvalue weighted by Gasteiger charge is -2.38. The fourth-order valence-corrected chi connectivity index (χ4v) is 7.98. The Morgan fingerprint density at radius 2 is 1.00 bits per heavy atom. The summed E-state index contributed by atoms with van der Waals surface area (Å²) in [6.07, 6.45) is 0. The van der Waals surface area contributed by atoms with Crippen LogP contribution in [0.15, 0.2) is 158 Å². The topological polar surface area (TPSA) is 3.24 Å². The van der Waals surface area contributed by atoms with Gasteiger partial charge in [0.15, 0.2) is 0 Å². The lowest BCUT2D eigenvalue weighted by atomic mass is 9.37.